The maximum Gasteiger partial charge on any atom is 0.321 e. The lowest BCUT2D eigenvalue weighted by Gasteiger charge is -2.29. The molecule has 144 valence electrons. The highest BCUT2D eigenvalue weighted by molar-refractivity contribution is 5.89. The second-order valence-corrected chi connectivity index (χ2v) is 7.74. The summed E-state index contributed by atoms with van der Waals surface area (Å²) >= 11 is 0. The number of nitrogens with two attached hydrogens (primary N) is 1. The molecule has 5 rings (SSSR count). The molecule has 2 aromatic heterocycles. The minimum absolute atomic E-state index is 0.0919. The van der Waals surface area contributed by atoms with Crippen molar-refractivity contribution in [2.45, 2.75) is 25.3 Å². The van der Waals surface area contributed by atoms with Gasteiger partial charge in [-0.05, 0) is 36.8 Å². The van der Waals surface area contributed by atoms with Gasteiger partial charge in [-0.15, -0.1) is 0 Å². The van der Waals surface area contributed by atoms with E-state index in [1.54, 1.807) is 23.3 Å². The SMILES string of the molecule is NC1CCCC2CN(C(=O)Nc3cnn(-c4cnc5ccccc5n4)c3)CC12. The Morgan fingerprint density at radius 3 is 2.86 bits per heavy atom. The van der Waals surface area contributed by atoms with E-state index in [1.807, 2.05) is 29.2 Å². The van der Waals surface area contributed by atoms with Crippen molar-refractivity contribution in [2.24, 2.45) is 17.6 Å². The number of amides is 2. The molecule has 8 nitrogen and oxygen atoms in total. The highest BCUT2D eigenvalue weighted by Crippen LogP contribution is 2.35. The van der Waals surface area contributed by atoms with E-state index in [1.165, 1.54) is 6.42 Å². The van der Waals surface area contributed by atoms with Crippen LogP contribution in [0.3, 0.4) is 0 Å². The Kier molecular flexibility index (Phi) is 4.20. The molecule has 1 saturated heterocycles. The average Bonchev–Trinajstić information content (AvgIpc) is 3.35. The summed E-state index contributed by atoms with van der Waals surface area (Å²) in [6.45, 7) is 1.52. The average molecular weight is 377 g/mol. The first-order chi connectivity index (χ1) is 13.7. The van der Waals surface area contributed by atoms with Crippen molar-refractivity contribution in [1.82, 2.24) is 24.6 Å². The zero-order valence-corrected chi connectivity index (χ0v) is 15.5. The molecule has 3 N–H and O–H groups in total. The third kappa shape index (κ3) is 3.09. The summed E-state index contributed by atoms with van der Waals surface area (Å²) in [5.74, 6) is 1.57. The molecule has 3 atom stereocenters. The van der Waals surface area contributed by atoms with Crippen LogP contribution in [0, 0.1) is 11.8 Å². The number of rotatable bonds is 2. The predicted octanol–water partition coefficient (Wildman–Crippen LogP) is 2.41. The normalized spacial score (nSPS) is 24.3. The van der Waals surface area contributed by atoms with Gasteiger partial charge in [0.05, 0.1) is 35.3 Å². The smallest absolute Gasteiger partial charge is 0.321 e. The number of hydrogen-bond donors (Lipinski definition) is 2. The predicted molar refractivity (Wildman–Crippen MR) is 106 cm³/mol. The van der Waals surface area contributed by atoms with E-state index in [0.29, 0.717) is 23.3 Å². The van der Waals surface area contributed by atoms with Gasteiger partial charge in [-0.1, -0.05) is 18.6 Å². The highest BCUT2D eigenvalue weighted by Gasteiger charge is 2.40. The first-order valence-electron chi connectivity index (χ1n) is 9.76. The minimum Gasteiger partial charge on any atom is -0.327 e. The topological polar surface area (TPSA) is 102 Å². The summed E-state index contributed by atoms with van der Waals surface area (Å²) in [4.78, 5) is 23.6. The minimum atomic E-state index is -0.0919. The molecule has 3 aromatic rings. The molecule has 2 fully saturated rings. The molecule has 1 saturated carbocycles. The second kappa shape index (κ2) is 6.87. The molecule has 1 aromatic carbocycles. The van der Waals surface area contributed by atoms with Gasteiger partial charge in [-0.25, -0.2) is 14.5 Å². The van der Waals surface area contributed by atoms with Crippen LogP contribution >= 0.6 is 0 Å². The van der Waals surface area contributed by atoms with Crippen molar-refractivity contribution in [3.8, 4) is 5.82 Å². The molecule has 0 spiro atoms. The third-order valence-electron chi connectivity index (χ3n) is 5.95. The molecule has 1 aliphatic carbocycles. The Morgan fingerprint density at radius 1 is 1.14 bits per heavy atom. The van der Waals surface area contributed by atoms with Crippen LogP contribution in [0.5, 0.6) is 0 Å². The van der Waals surface area contributed by atoms with E-state index < -0.39 is 0 Å². The number of carbonyl (C=O) groups excluding carboxylic acids is 1. The standard InChI is InChI=1S/C20H23N7O/c21-16-5-3-4-13-10-26(12-15(13)16)20(28)24-14-8-23-27(11-14)19-9-22-17-6-1-2-7-18(17)25-19/h1-2,6-9,11,13,15-16H,3-5,10,12,21H2,(H,24,28). The van der Waals surface area contributed by atoms with Crippen molar-refractivity contribution in [3.63, 3.8) is 0 Å². The van der Waals surface area contributed by atoms with E-state index in [9.17, 15) is 4.79 Å². The number of para-hydroxylation sites is 2. The van der Waals surface area contributed by atoms with Gasteiger partial charge in [0.15, 0.2) is 5.82 Å². The summed E-state index contributed by atoms with van der Waals surface area (Å²) in [7, 11) is 0. The van der Waals surface area contributed by atoms with Gasteiger partial charge in [-0.2, -0.15) is 5.10 Å². The maximum atomic E-state index is 12.7. The van der Waals surface area contributed by atoms with Crippen molar-refractivity contribution in [1.29, 1.82) is 0 Å². The zero-order chi connectivity index (χ0) is 19.1. The van der Waals surface area contributed by atoms with Gasteiger partial charge in [-0.3, -0.25) is 4.98 Å². The van der Waals surface area contributed by atoms with Crippen LogP contribution < -0.4 is 11.1 Å². The lowest BCUT2D eigenvalue weighted by atomic mass is 9.78. The van der Waals surface area contributed by atoms with Gasteiger partial charge in [0.1, 0.15) is 0 Å². The Morgan fingerprint density at radius 2 is 2.00 bits per heavy atom. The van der Waals surface area contributed by atoms with Crippen LogP contribution in [0.1, 0.15) is 19.3 Å². The lowest BCUT2D eigenvalue weighted by Crippen LogP contribution is -2.39. The number of fused-ring (bicyclic) bond motifs is 2. The number of anilines is 1. The molecule has 1 aliphatic heterocycles. The first kappa shape index (κ1) is 17.1. The molecule has 2 amide bonds. The Hall–Kier alpha value is -3.00. The number of hydrogen-bond acceptors (Lipinski definition) is 5. The van der Waals surface area contributed by atoms with E-state index in [4.69, 9.17) is 5.73 Å². The number of urea groups is 1. The molecule has 3 heterocycles. The summed E-state index contributed by atoms with van der Waals surface area (Å²) in [6.07, 6.45) is 8.46. The van der Waals surface area contributed by atoms with Gasteiger partial charge in [0.25, 0.3) is 0 Å². The van der Waals surface area contributed by atoms with E-state index in [-0.39, 0.29) is 12.1 Å². The fourth-order valence-electron chi connectivity index (χ4n) is 4.46. The molecule has 28 heavy (non-hydrogen) atoms. The number of aromatic nitrogens is 4. The quantitative estimate of drug-likeness (QED) is 0.714. The Labute approximate surface area is 162 Å². The summed E-state index contributed by atoms with van der Waals surface area (Å²) in [6, 6.07) is 7.81. The molecule has 0 radical (unpaired) electrons. The van der Waals surface area contributed by atoms with Crippen LogP contribution in [0.15, 0.2) is 42.9 Å². The number of carbonyl (C=O) groups is 1. The van der Waals surface area contributed by atoms with Crippen LogP contribution in [0.25, 0.3) is 16.9 Å². The van der Waals surface area contributed by atoms with Crippen LogP contribution in [-0.4, -0.2) is 49.8 Å². The van der Waals surface area contributed by atoms with Gasteiger partial charge < -0.3 is 16.0 Å². The largest absolute Gasteiger partial charge is 0.327 e. The van der Waals surface area contributed by atoms with E-state index in [2.05, 4.69) is 20.4 Å². The fourth-order valence-corrected chi connectivity index (χ4v) is 4.46. The summed E-state index contributed by atoms with van der Waals surface area (Å²) in [5.41, 5.74) is 8.53. The second-order valence-electron chi connectivity index (χ2n) is 7.74. The molecule has 8 heteroatoms. The maximum absolute atomic E-state index is 12.7. The Balaban J connectivity index is 1.29. The van der Waals surface area contributed by atoms with Crippen LogP contribution in [0.4, 0.5) is 10.5 Å². The van der Waals surface area contributed by atoms with E-state index >= 15 is 0 Å². The van der Waals surface area contributed by atoms with Crippen molar-refractivity contribution < 1.29 is 4.79 Å². The van der Waals surface area contributed by atoms with Gasteiger partial charge in [0.2, 0.25) is 0 Å². The molecule has 3 unspecified atom stereocenters. The van der Waals surface area contributed by atoms with Crippen molar-refractivity contribution in [2.75, 3.05) is 18.4 Å². The molecule has 0 bridgehead atoms. The van der Waals surface area contributed by atoms with Crippen molar-refractivity contribution in [3.05, 3.63) is 42.9 Å². The Bertz CT molecular complexity index is 1020. The number of nitrogens with one attached hydrogen (secondary N) is 1. The monoisotopic (exact) mass is 377 g/mol. The van der Waals surface area contributed by atoms with Gasteiger partial charge in [0, 0.05) is 19.1 Å². The van der Waals surface area contributed by atoms with Gasteiger partial charge >= 0.3 is 6.03 Å². The van der Waals surface area contributed by atoms with Crippen LogP contribution in [-0.2, 0) is 0 Å². The molecule has 2 aliphatic rings. The molecular formula is C20H23N7O. The molecular weight excluding hydrogens is 354 g/mol. The number of nitrogens with zero attached hydrogens (tertiary/aromatic N) is 5. The highest BCUT2D eigenvalue weighted by atomic mass is 16.2. The fraction of sp³-hybridized carbons (Fsp3) is 0.400. The number of likely N-dealkylation sites (tertiary alicyclic amines) is 1. The number of benzene rings is 1. The van der Waals surface area contributed by atoms with Crippen molar-refractivity contribution >= 4 is 22.8 Å². The first-order valence-corrected chi connectivity index (χ1v) is 9.76. The van der Waals surface area contributed by atoms with E-state index in [0.717, 1.165) is 37.0 Å². The lowest BCUT2D eigenvalue weighted by molar-refractivity contribution is 0.219. The third-order valence-corrected chi connectivity index (χ3v) is 5.95. The zero-order valence-electron chi connectivity index (χ0n) is 15.5. The van der Waals surface area contributed by atoms with Crippen LogP contribution in [0.2, 0.25) is 0 Å². The summed E-state index contributed by atoms with van der Waals surface area (Å²) < 4.78 is 1.62. The summed E-state index contributed by atoms with van der Waals surface area (Å²) in [5, 5.41) is 7.27.